The highest BCUT2D eigenvalue weighted by Gasteiger charge is 2.22. The average molecular weight is 433 g/mol. The van der Waals surface area contributed by atoms with E-state index in [9.17, 15) is 0 Å². The van der Waals surface area contributed by atoms with E-state index in [0.717, 1.165) is 40.9 Å². The smallest absolute Gasteiger partial charge is 0.221 e. The quantitative estimate of drug-likeness (QED) is 0.286. The van der Waals surface area contributed by atoms with Crippen LogP contribution in [0.15, 0.2) is 53.8 Å². The predicted octanol–water partition coefficient (Wildman–Crippen LogP) is 3.79. The van der Waals surface area contributed by atoms with Crippen molar-refractivity contribution in [3.63, 3.8) is 0 Å². The molecule has 0 aliphatic heterocycles. The van der Waals surface area contributed by atoms with Crippen LogP contribution in [0, 0.1) is 12.3 Å². The van der Waals surface area contributed by atoms with E-state index < -0.39 is 0 Å². The lowest BCUT2D eigenvalue weighted by Gasteiger charge is -2.08. The molecule has 0 fully saturated rings. The molecule has 4 rings (SSSR count). The molecule has 0 radical (unpaired) electrons. The Morgan fingerprint density at radius 1 is 1.17 bits per heavy atom. The molecule has 1 aliphatic rings. The SMILES string of the molecule is Cc1ccc(-c2cn(N=C3CCc4c(C(=N)NO)cccc43)c(N)n2)cc1.Cl.Cl. The molecule has 7 nitrogen and oxygen atoms in total. The fraction of sp³-hybridized carbons (Fsp3) is 0.150. The number of nitrogens with one attached hydrogen (secondary N) is 2. The van der Waals surface area contributed by atoms with Gasteiger partial charge in [-0.2, -0.15) is 5.10 Å². The van der Waals surface area contributed by atoms with E-state index in [1.807, 2.05) is 61.1 Å². The first-order valence-corrected chi connectivity index (χ1v) is 8.68. The molecule has 1 aliphatic carbocycles. The van der Waals surface area contributed by atoms with Gasteiger partial charge in [-0.25, -0.2) is 9.66 Å². The van der Waals surface area contributed by atoms with Gasteiger partial charge < -0.3 is 5.73 Å². The Bertz CT molecular complexity index is 1060. The van der Waals surface area contributed by atoms with Crippen LogP contribution < -0.4 is 11.2 Å². The van der Waals surface area contributed by atoms with Crippen LogP contribution in [0.1, 0.15) is 28.7 Å². The number of anilines is 1. The van der Waals surface area contributed by atoms with Gasteiger partial charge in [0.1, 0.15) is 5.84 Å². The van der Waals surface area contributed by atoms with Gasteiger partial charge in [0, 0.05) is 16.7 Å². The summed E-state index contributed by atoms with van der Waals surface area (Å²) in [6, 6.07) is 13.7. The molecule has 0 spiro atoms. The molecule has 29 heavy (non-hydrogen) atoms. The summed E-state index contributed by atoms with van der Waals surface area (Å²) < 4.78 is 1.60. The number of amidine groups is 1. The third-order valence-electron chi connectivity index (χ3n) is 4.77. The van der Waals surface area contributed by atoms with Gasteiger partial charge in [0.05, 0.1) is 17.6 Å². The van der Waals surface area contributed by atoms with Crippen LogP contribution in [0.25, 0.3) is 11.3 Å². The summed E-state index contributed by atoms with van der Waals surface area (Å²) in [7, 11) is 0. The number of fused-ring (bicyclic) bond motifs is 1. The van der Waals surface area contributed by atoms with Crippen molar-refractivity contribution in [2.24, 2.45) is 5.10 Å². The van der Waals surface area contributed by atoms with Crippen molar-refractivity contribution in [3.05, 3.63) is 70.9 Å². The van der Waals surface area contributed by atoms with Crippen LogP contribution in [0.2, 0.25) is 0 Å². The van der Waals surface area contributed by atoms with Crippen molar-refractivity contribution in [2.45, 2.75) is 19.8 Å². The number of nitrogens with zero attached hydrogens (tertiary/aromatic N) is 3. The number of nitrogen functional groups attached to an aromatic ring is 1. The zero-order chi connectivity index (χ0) is 19.0. The second-order valence-electron chi connectivity index (χ2n) is 6.56. The van der Waals surface area contributed by atoms with Crippen molar-refractivity contribution in [1.82, 2.24) is 15.1 Å². The van der Waals surface area contributed by atoms with Gasteiger partial charge in [0.25, 0.3) is 0 Å². The molecule has 0 unspecified atom stereocenters. The minimum Gasteiger partial charge on any atom is -0.368 e. The third-order valence-corrected chi connectivity index (χ3v) is 4.77. The van der Waals surface area contributed by atoms with Gasteiger partial charge in [0.2, 0.25) is 5.95 Å². The Hall–Kier alpha value is -2.87. The molecular formula is C20H22Cl2N6O. The maximum absolute atomic E-state index is 9.05. The first-order valence-electron chi connectivity index (χ1n) is 8.68. The Labute approximate surface area is 180 Å². The number of nitrogens with two attached hydrogens (primary N) is 1. The first-order chi connectivity index (χ1) is 13.1. The van der Waals surface area contributed by atoms with Gasteiger partial charge >= 0.3 is 0 Å². The van der Waals surface area contributed by atoms with Gasteiger partial charge in [0.15, 0.2) is 0 Å². The summed E-state index contributed by atoms with van der Waals surface area (Å²) in [6.07, 6.45) is 3.32. The minimum absolute atomic E-state index is 0. The van der Waals surface area contributed by atoms with Crippen LogP contribution in [-0.4, -0.2) is 26.4 Å². The van der Waals surface area contributed by atoms with Crippen LogP contribution in [0.4, 0.5) is 5.95 Å². The van der Waals surface area contributed by atoms with E-state index in [-0.39, 0.29) is 30.6 Å². The Morgan fingerprint density at radius 3 is 2.59 bits per heavy atom. The summed E-state index contributed by atoms with van der Waals surface area (Å²) in [5.74, 6) is 0.310. The van der Waals surface area contributed by atoms with E-state index in [1.54, 1.807) is 4.68 Å². The molecular weight excluding hydrogens is 411 g/mol. The van der Waals surface area contributed by atoms with E-state index in [1.165, 1.54) is 5.56 Å². The summed E-state index contributed by atoms with van der Waals surface area (Å²) in [6.45, 7) is 2.04. The molecule has 5 N–H and O–H groups in total. The molecule has 2 aromatic carbocycles. The van der Waals surface area contributed by atoms with Crippen LogP contribution in [0.3, 0.4) is 0 Å². The second kappa shape index (κ2) is 9.09. The predicted molar refractivity (Wildman–Crippen MR) is 120 cm³/mol. The van der Waals surface area contributed by atoms with Crippen molar-refractivity contribution < 1.29 is 5.21 Å². The first kappa shape index (κ1) is 22.4. The lowest BCUT2D eigenvalue weighted by atomic mass is 10.0. The van der Waals surface area contributed by atoms with E-state index >= 15 is 0 Å². The zero-order valence-corrected chi connectivity index (χ0v) is 17.3. The van der Waals surface area contributed by atoms with Crippen molar-refractivity contribution in [2.75, 3.05) is 5.73 Å². The van der Waals surface area contributed by atoms with Crippen molar-refractivity contribution in [1.29, 1.82) is 5.41 Å². The Kier molecular flexibility index (Phi) is 7.02. The van der Waals surface area contributed by atoms with E-state index in [0.29, 0.717) is 11.5 Å². The Morgan fingerprint density at radius 2 is 1.90 bits per heavy atom. The lowest BCUT2D eigenvalue weighted by molar-refractivity contribution is 0.234. The van der Waals surface area contributed by atoms with Crippen molar-refractivity contribution in [3.8, 4) is 11.3 Å². The second-order valence-corrected chi connectivity index (χ2v) is 6.56. The highest BCUT2D eigenvalue weighted by Crippen LogP contribution is 2.27. The molecule has 0 amide bonds. The molecule has 1 heterocycles. The molecule has 0 saturated heterocycles. The van der Waals surface area contributed by atoms with Gasteiger partial charge in [-0.05, 0) is 25.3 Å². The van der Waals surface area contributed by atoms with Gasteiger partial charge in [-0.1, -0.05) is 48.0 Å². The van der Waals surface area contributed by atoms with E-state index in [2.05, 4.69) is 10.1 Å². The van der Waals surface area contributed by atoms with Gasteiger partial charge in [-0.15, -0.1) is 24.8 Å². The number of aromatic nitrogens is 2. The maximum Gasteiger partial charge on any atom is 0.221 e. The highest BCUT2D eigenvalue weighted by atomic mass is 35.5. The summed E-state index contributed by atoms with van der Waals surface area (Å²) in [4.78, 5) is 4.42. The summed E-state index contributed by atoms with van der Waals surface area (Å²) in [5.41, 5.74) is 14.5. The maximum atomic E-state index is 9.05. The largest absolute Gasteiger partial charge is 0.368 e. The molecule has 0 saturated carbocycles. The number of hydrogen-bond acceptors (Lipinski definition) is 5. The number of benzene rings is 2. The number of imidazole rings is 1. The molecule has 9 heteroatoms. The number of rotatable bonds is 3. The number of hydroxylamine groups is 1. The standard InChI is InChI=1S/C20H20N6O.2ClH/c1-12-5-7-13(8-6-12)18-11-26(20(22)23-18)24-17-10-9-14-15(17)3-2-4-16(14)19(21)25-27;;/h2-8,11,27H,9-10H2,1H3,(H2,21,25)(H2,22,23);2*1H. The number of aryl methyl sites for hydroxylation is 1. The molecule has 3 aromatic rings. The number of hydrogen-bond donors (Lipinski definition) is 4. The fourth-order valence-corrected chi connectivity index (χ4v) is 3.36. The average Bonchev–Trinajstić information content (AvgIpc) is 3.26. The van der Waals surface area contributed by atoms with E-state index in [4.69, 9.17) is 16.4 Å². The Balaban J connectivity index is 0.00000150. The molecule has 0 bridgehead atoms. The monoisotopic (exact) mass is 432 g/mol. The minimum atomic E-state index is -0.0168. The van der Waals surface area contributed by atoms with Gasteiger partial charge in [-0.3, -0.25) is 16.1 Å². The topological polar surface area (TPSA) is 112 Å². The zero-order valence-electron chi connectivity index (χ0n) is 15.7. The highest BCUT2D eigenvalue weighted by molar-refractivity contribution is 6.08. The molecule has 0 atom stereocenters. The summed E-state index contributed by atoms with van der Waals surface area (Å²) >= 11 is 0. The normalized spacial score (nSPS) is 13.4. The summed E-state index contributed by atoms with van der Waals surface area (Å²) in [5, 5.41) is 21.6. The van der Waals surface area contributed by atoms with Crippen LogP contribution >= 0.6 is 24.8 Å². The number of halogens is 2. The molecule has 1 aromatic heterocycles. The fourth-order valence-electron chi connectivity index (χ4n) is 3.36. The van der Waals surface area contributed by atoms with Crippen LogP contribution in [-0.2, 0) is 6.42 Å². The molecule has 152 valence electrons. The van der Waals surface area contributed by atoms with Crippen LogP contribution in [0.5, 0.6) is 0 Å². The third kappa shape index (κ3) is 4.27. The lowest BCUT2D eigenvalue weighted by Crippen LogP contribution is -2.20. The van der Waals surface area contributed by atoms with Crippen molar-refractivity contribution >= 4 is 42.3 Å².